The maximum absolute atomic E-state index is 11.7. The number of aromatic nitrogens is 1. The van der Waals surface area contributed by atoms with Crippen LogP contribution >= 0.6 is 12.2 Å². The number of furan rings is 1. The van der Waals surface area contributed by atoms with Gasteiger partial charge in [0.2, 0.25) is 0 Å². The number of thiocarbonyl (C=S) groups is 1. The molecular weight excluding hydrogens is 426 g/mol. The first-order chi connectivity index (χ1) is 15.6. The summed E-state index contributed by atoms with van der Waals surface area (Å²) in [4.78, 5) is 18.4. The molecule has 1 N–H and O–H groups in total. The first-order valence-corrected chi connectivity index (χ1v) is 10.8. The van der Waals surface area contributed by atoms with Crippen molar-refractivity contribution in [1.29, 1.82) is 0 Å². The van der Waals surface area contributed by atoms with Crippen LogP contribution in [0.25, 0.3) is 11.3 Å². The minimum Gasteiger partial charge on any atom is -0.465 e. The van der Waals surface area contributed by atoms with Gasteiger partial charge < -0.3 is 24.1 Å². The number of nitrogens with zero attached hydrogens (tertiary/aromatic N) is 2. The molecule has 2 atom stereocenters. The zero-order valence-corrected chi connectivity index (χ0v) is 18.8. The molecular formula is C24H25N3O4S. The number of methoxy groups -OCH3 is 2. The summed E-state index contributed by atoms with van der Waals surface area (Å²) in [6.45, 7) is 1.38. The minimum absolute atomic E-state index is 0.132. The van der Waals surface area contributed by atoms with Crippen molar-refractivity contribution in [3.63, 3.8) is 0 Å². The number of hydrogen-bond donors (Lipinski definition) is 1. The van der Waals surface area contributed by atoms with Crippen molar-refractivity contribution in [2.24, 2.45) is 0 Å². The number of benzene rings is 1. The smallest absolute Gasteiger partial charge is 0.337 e. The maximum atomic E-state index is 11.7. The third-order valence-corrected chi connectivity index (χ3v) is 5.81. The highest BCUT2D eigenvalue weighted by atomic mass is 32.1. The van der Waals surface area contributed by atoms with E-state index in [4.69, 9.17) is 26.1 Å². The van der Waals surface area contributed by atoms with Crippen molar-refractivity contribution in [3.05, 3.63) is 77.8 Å². The van der Waals surface area contributed by atoms with Crippen LogP contribution in [0.1, 0.15) is 40.3 Å². The van der Waals surface area contributed by atoms with Crippen LogP contribution < -0.4 is 5.32 Å². The van der Waals surface area contributed by atoms with Crippen LogP contribution in [-0.4, -0.2) is 48.3 Å². The molecule has 0 aliphatic carbocycles. The average molecular weight is 452 g/mol. The number of ether oxygens (including phenoxy) is 2. The molecule has 3 heterocycles. The van der Waals surface area contributed by atoms with E-state index in [-0.39, 0.29) is 18.1 Å². The Balaban J connectivity index is 1.64. The van der Waals surface area contributed by atoms with Crippen molar-refractivity contribution in [2.75, 3.05) is 27.4 Å². The lowest BCUT2D eigenvalue weighted by Crippen LogP contribution is -2.31. The highest BCUT2D eigenvalue weighted by Gasteiger charge is 2.41. The molecule has 2 aromatic heterocycles. The summed E-state index contributed by atoms with van der Waals surface area (Å²) in [6, 6.07) is 16.6. The Morgan fingerprint density at radius 1 is 1.16 bits per heavy atom. The van der Waals surface area contributed by atoms with Crippen molar-refractivity contribution >= 4 is 23.3 Å². The van der Waals surface area contributed by atoms with Crippen LogP contribution in [0.2, 0.25) is 0 Å². The monoisotopic (exact) mass is 451 g/mol. The van der Waals surface area contributed by atoms with Crippen LogP contribution in [-0.2, 0) is 9.47 Å². The van der Waals surface area contributed by atoms with E-state index in [0.717, 1.165) is 30.0 Å². The predicted molar refractivity (Wildman–Crippen MR) is 124 cm³/mol. The highest BCUT2D eigenvalue weighted by molar-refractivity contribution is 7.80. The van der Waals surface area contributed by atoms with Gasteiger partial charge >= 0.3 is 5.97 Å². The molecule has 0 amide bonds. The van der Waals surface area contributed by atoms with Gasteiger partial charge in [-0.3, -0.25) is 4.98 Å². The third kappa shape index (κ3) is 4.51. The summed E-state index contributed by atoms with van der Waals surface area (Å²) in [5.74, 6) is 1.13. The molecule has 7 nitrogen and oxygen atoms in total. The quantitative estimate of drug-likeness (QED) is 0.311. The van der Waals surface area contributed by atoms with Crippen molar-refractivity contribution in [1.82, 2.24) is 15.2 Å². The van der Waals surface area contributed by atoms with Crippen molar-refractivity contribution in [2.45, 2.75) is 18.5 Å². The van der Waals surface area contributed by atoms with Crippen LogP contribution in [0.4, 0.5) is 0 Å². The average Bonchev–Trinajstić information content (AvgIpc) is 3.44. The van der Waals surface area contributed by atoms with Gasteiger partial charge in [-0.25, -0.2) is 4.79 Å². The molecule has 166 valence electrons. The normalized spacial score (nSPS) is 17.9. The summed E-state index contributed by atoms with van der Waals surface area (Å²) in [5, 5.41) is 4.08. The molecule has 1 saturated heterocycles. The second-order valence-corrected chi connectivity index (χ2v) is 7.82. The van der Waals surface area contributed by atoms with Gasteiger partial charge in [0.25, 0.3) is 0 Å². The number of hydrogen-bond acceptors (Lipinski definition) is 6. The van der Waals surface area contributed by atoms with Crippen molar-refractivity contribution in [3.8, 4) is 11.3 Å². The van der Waals surface area contributed by atoms with E-state index in [9.17, 15) is 4.79 Å². The van der Waals surface area contributed by atoms with Crippen LogP contribution in [0.3, 0.4) is 0 Å². The fraction of sp³-hybridized carbons (Fsp3) is 0.292. The van der Waals surface area contributed by atoms with Gasteiger partial charge in [0.1, 0.15) is 17.6 Å². The lowest BCUT2D eigenvalue weighted by Gasteiger charge is -2.25. The molecule has 8 heteroatoms. The van der Waals surface area contributed by atoms with Crippen LogP contribution in [0.5, 0.6) is 0 Å². The van der Waals surface area contributed by atoms with Gasteiger partial charge in [0.05, 0.1) is 24.4 Å². The molecule has 3 aromatic rings. The topological polar surface area (TPSA) is 76.8 Å². The maximum Gasteiger partial charge on any atom is 0.337 e. The molecule has 1 aliphatic rings. The van der Waals surface area contributed by atoms with E-state index in [2.05, 4.69) is 15.2 Å². The van der Waals surface area contributed by atoms with Gasteiger partial charge in [-0.2, -0.15) is 0 Å². The number of carbonyl (C=O) groups is 1. The molecule has 0 bridgehead atoms. The second kappa shape index (κ2) is 9.93. The fourth-order valence-corrected chi connectivity index (χ4v) is 4.22. The van der Waals surface area contributed by atoms with Gasteiger partial charge in [0, 0.05) is 32.0 Å². The summed E-state index contributed by atoms with van der Waals surface area (Å²) >= 11 is 5.66. The third-order valence-electron chi connectivity index (χ3n) is 5.45. The fourth-order valence-electron chi connectivity index (χ4n) is 3.89. The number of pyridine rings is 1. The van der Waals surface area contributed by atoms with E-state index in [1.54, 1.807) is 25.4 Å². The van der Waals surface area contributed by atoms with E-state index in [1.165, 1.54) is 7.11 Å². The number of rotatable bonds is 8. The molecule has 1 aromatic carbocycles. The summed E-state index contributed by atoms with van der Waals surface area (Å²) in [7, 11) is 3.06. The Kier molecular flexibility index (Phi) is 6.82. The zero-order valence-electron chi connectivity index (χ0n) is 18.0. The zero-order chi connectivity index (χ0) is 22.5. The number of esters is 1. The van der Waals surface area contributed by atoms with E-state index in [1.807, 2.05) is 42.5 Å². The van der Waals surface area contributed by atoms with Gasteiger partial charge in [-0.15, -0.1) is 0 Å². The largest absolute Gasteiger partial charge is 0.465 e. The van der Waals surface area contributed by atoms with E-state index >= 15 is 0 Å². The molecule has 0 radical (unpaired) electrons. The van der Waals surface area contributed by atoms with E-state index < -0.39 is 0 Å². The molecule has 0 saturated carbocycles. The molecule has 32 heavy (non-hydrogen) atoms. The van der Waals surface area contributed by atoms with Gasteiger partial charge in [-0.1, -0.05) is 18.2 Å². The highest BCUT2D eigenvalue weighted by Crippen LogP contribution is 2.40. The first-order valence-electron chi connectivity index (χ1n) is 10.4. The van der Waals surface area contributed by atoms with Gasteiger partial charge in [0.15, 0.2) is 5.11 Å². The van der Waals surface area contributed by atoms with E-state index in [0.29, 0.717) is 23.0 Å². The Morgan fingerprint density at radius 2 is 1.97 bits per heavy atom. The molecule has 0 spiro atoms. The van der Waals surface area contributed by atoms with Crippen molar-refractivity contribution < 1.29 is 18.7 Å². The first kappa shape index (κ1) is 22.0. The second-order valence-electron chi connectivity index (χ2n) is 7.44. The van der Waals surface area contributed by atoms with Crippen LogP contribution in [0, 0.1) is 0 Å². The molecule has 4 rings (SSSR count). The van der Waals surface area contributed by atoms with Gasteiger partial charge in [-0.05, 0) is 55.0 Å². The Bertz CT molecular complexity index is 1070. The Labute approximate surface area is 192 Å². The summed E-state index contributed by atoms with van der Waals surface area (Å²) < 4.78 is 16.3. The SMILES string of the molecule is COCCCN1C(=S)N[C@@H](c2ccccn2)[C@H]1c1ccc(-c2ccc(C(=O)OC)cc2)o1. The van der Waals surface area contributed by atoms with Crippen LogP contribution in [0.15, 0.2) is 65.2 Å². The summed E-state index contributed by atoms with van der Waals surface area (Å²) in [5.41, 5.74) is 2.26. The molecule has 0 unspecified atom stereocenters. The minimum atomic E-state index is -0.368. The Hall–Kier alpha value is -3.23. The lowest BCUT2D eigenvalue weighted by atomic mass is 10.0. The Morgan fingerprint density at radius 3 is 2.66 bits per heavy atom. The predicted octanol–water partition coefficient (Wildman–Crippen LogP) is 4.14. The standard InChI is InChI=1S/C24H25N3O4S/c1-29-15-5-14-27-22(21(26-24(27)32)18-6-3-4-13-25-18)20-12-11-19(31-20)16-7-9-17(10-8-16)23(28)30-2/h3-4,6-13,21-22H,5,14-15H2,1-2H3,(H,26,32)/t21-,22+/m0/s1. The molecule has 1 fully saturated rings. The number of nitrogens with one attached hydrogen (secondary N) is 1. The summed E-state index contributed by atoms with van der Waals surface area (Å²) in [6.07, 6.45) is 2.62. The number of carbonyl (C=O) groups excluding carboxylic acids is 1. The molecule has 1 aliphatic heterocycles. The lowest BCUT2D eigenvalue weighted by molar-refractivity contribution is 0.0600.